The standard InChI is InChI=1S/C7H7NO2.C4H9NO2/c8-6-4-2-1-3-5(6)7(9)10;1-2-3(5)4(6)7/h1-4H,8H2,(H,9,10);3H,2,5H2,1H3,(H,6,7). The Morgan fingerprint density at radius 2 is 1.82 bits per heavy atom. The van der Waals surface area contributed by atoms with Gasteiger partial charge in [-0.15, -0.1) is 0 Å². The Labute approximate surface area is 98.9 Å². The summed E-state index contributed by atoms with van der Waals surface area (Å²) < 4.78 is 0. The van der Waals surface area contributed by atoms with Gasteiger partial charge in [0.1, 0.15) is 6.04 Å². The molecule has 1 unspecified atom stereocenters. The maximum absolute atomic E-state index is 10.3. The molecule has 0 aliphatic rings. The van der Waals surface area contributed by atoms with Crippen LogP contribution in [-0.2, 0) is 4.79 Å². The molecule has 0 amide bonds. The molecule has 1 rings (SSSR count). The van der Waals surface area contributed by atoms with E-state index in [1.165, 1.54) is 6.07 Å². The van der Waals surface area contributed by atoms with Crippen molar-refractivity contribution in [2.24, 2.45) is 5.73 Å². The van der Waals surface area contributed by atoms with Gasteiger partial charge < -0.3 is 21.7 Å². The lowest BCUT2D eigenvalue weighted by Gasteiger charge is -1.97. The van der Waals surface area contributed by atoms with Gasteiger partial charge in [-0.1, -0.05) is 19.1 Å². The number of nitrogen functional groups attached to an aromatic ring is 1. The monoisotopic (exact) mass is 240 g/mol. The summed E-state index contributed by atoms with van der Waals surface area (Å²) in [5.41, 5.74) is 10.8. The molecule has 6 N–H and O–H groups in total. The highest BCUT2D eigenvalue weighted by molar-refractivity contribution is 5.93. The Morgan fingerprint density at radius 1 is 1.29 bits per heavy atom. The first-order valence-corrected chi connectivity index (χ1v) is 4.96. The van der Waals surface area contributed by atoms with Crippen molar-refractivity contribution in [1.29, 1.82) is 0 Å². The number of carboxylic acids is 2. The van der Waals surface area contributed by atoms with Crippen LogP contribution in [0.1, 0.15) is 23.7 Å². The molecule has 6 heteroatoms. The predicted octanol–water partition coefficient (Wildman–Crippen LogP) is 0.775. The number of hydrogen-bond donors (Lipinski definition) is 4. The molecular formula is C11H16N2O4. The Morgan fingerprint density at radius 3 is 2.06 bits per heavy atom. The van der Waals surface area contributed by atoms with Crippen LogP contribution in [0, 0.1) is 0 Å². The van der Waals surface area contributed by atoms with Crippen LogP contribution in [0.15, 0.2) is 24.3 Å². The van der Waals surface area contributed by atoms with E-state index in [-0.39, 0.29) is 5.56 Å². The number of aliphatic carboxylic acids is 1. The molecule has 1 aromatic rings. The summed E-state index contributed by atoms with van der Waals surface area (Å²) in [4.78, 5) is 20.1. The molecule has 0 saturated heterocycles. The summed E-state index contributed by atoms with van der Waals surface area (Å²) in [5.74, 6) is -1.92. The average Bonchev–Trinajstić information content (AvgIpc) is 2.28. The van der Waals surface area contributed by atoms with Crippen molar-refractivity contribution in [3.63, 3.8) is 0 Å². The minimum absolute atomic E-state index is 0.155. The van der Waals surface area contributed by atoms with Gasteiger partial charge in [0, 0.05) is 5.69 Å². The van der Waals surface area contributed by atoms with E-state index in [2.05, 4.69) is 0 Å². The second kappa shape index (κ2) is 7.24. The van der Waals surface area contributed by atoms with Crippen LogP contribution in [0.25, 0.3) is 0 Å². The van der Waals surface area contributed by atoms with Crippen molar-refractivity contribution in [3.05, 3.63) is 29.8 Å². The first kappa shape index (κ1) is 14.9. The van der Waals surface area contributed by atoms with Crippen molar-refractivity contribution in [3.8, 4) is 0 Å². The fourth-order valence-corrected chi connectivity index (χ4v) is 0.866. The zero-order valence-electron chi connectivity index (χ0n) is 9.46. The number of anilines is 1. The summed E-state index contributed by atoms with van der Waals surface area (Å²) in [7, 11) is 0. The number of carboxylic acid groups (broad SMARTS) is 2. The van der Waals surface area contributed by atoms with Crippen LogP contribution < -0.4 is 11.5 Å². The van der Waals surface area contributed by atoms with Gasteiger partial charge in [-0.3, -0.25) is 4.79 Å². The zero-order valence-corrected chi connectivity index (χ0v) is 9.46. The molecular weight excluding hydrogens is 224 g/mol. The number of carbonyl (C=O) groups is 2. The van der Waals surface area contributed by atoms with Gasteiger partial charge in [0.25, 0.3) is 0 Å². The predicted molar refractivity (Wildman–Crippen MR) is 63.7 cm³/mol. The molecule has 0 heterocycles. The van der Waals surface area contributed by atoms with E-state index in [1.54, 1.807) is 25.1 Å². The van der Waals surface area contributed by atoms with E-state index in [1.807, 2.05) is 0 Å². The van der Waals surface area contributed by atoms with Crippen LogP contribution in [0.3, 0.4) is 0 Å². The van der Waals surface area contributed by atoms with Crippen LogP contribution in [0.5, 0.6) is 0 Å². The van der Waals surface area contributed by atoms with Gasteiger partial charge in [-0.25, -0.2) is 4.79 Å². The molecule has 0 aliphatic heterocycles. The lowest BCUT2D eigenvalue weighted by molar-refractivity contribution is -0.138. The SMILES string of the molecule is CCC(N)C(=O)O.Nc1ccccc1C(=O)O. The fourth-order valence-electron chi connectivity index (χ4n) is 0.866. The molecule has 0 fully saturated rings. The summed E-state index contributed by atoms with van der Waals surface area (Å²) >= 11 is 0. The number of nitrogens with two attached hydrogens (primary N) is 2. The van der Waals surface area contributed by atoms with Gasteiger partial charge in [-0.2, -0.15) is 0 Å². The topological polar surface area (TPSA) is 127 Å². The van der Waals surface area contributed by atoms with Gasteiger partial charge >= 0.3 is 11.9 Å². The number of aromatic carboxylic acids is 1. The molecule has 0 aromatic heterocycles. The van der Waals surface area contributed by atoms with Crippen molar-refractivity contribution in [2.45, 2.75) is 19.4 Å². The molecule has 94 valence electrons. The van der Waals surface area contributed by atoms with Gasteiger partial charge in [-0.05, 0) is 18.6 Å². The fraction of sp³-hybridized carbons (Fsp3) is 0.273. The summed E-state index contributed by atoms with van der Waals surface area (Å²) in [6, 6.07) is 5.68. The summed E-state index contributed by atoms with van der Waals surface area (Å²) in [6.45, 7) is 1.73. The maximum Gasteiger partial charge on any atom is 0.337 e. The van der Waals surface area contributed by atoms with Gasteiger partial charge in [0.15, 0.2) is 0 Å². The lowest BCUT2D eigenvalue weighted by Crippen LogP contribution is -2.28. The second-order valence-corrected chi connectivity index (χ2v) is 3.25. The molecule has 1 atom stereocenters. The Kier molecular flexibility index (Phi) is 6.35. The summed E-state index contributed by atoms with van der Waals surface area (Å²) in [5, 5.41) is 16.5. The van der Waals surface area contributed by atoms with Crippen molar-refractivity contribution >= 4 is 17.6 Å². The van der Waals surface area contributed by atoms with Crippen molar-refractivity contribution < 1.29 is 19.8 Å². The smallest absolute Gasteiger partial charge is 0.337 e. The molecule has 0 spiro atoms. The number of para-hydroxylation sites is 1. The number of hydrogen-bond acceptors (Lipinski definition) is 4. The summed E-state index contributed by atoms with van der Waals surface area (Å²) in [6.07, 6.45) is 0.495. The van der Waals surface area contributed by atoms with Crippen molar-refractivity contribution in [1.82, 2.24) is 0 Å². The highest BCUT2D eigenvalue weighted by atomic mass is 16.4. The van der Waals surface area contributed by atoms with E-state index >= 15 is 0 Å². The largest absolute Gasteiger partial charge is 0.480 e. The molecule has 0 bridgehead atoms. The lowest BCUT2D eigenvalue weighted by atomic mass is 10.2. The Balaban J connectivity index is 0.000000325. The minimum Gasteiger partial charge on any atom is -0.480 e. The quantitative estimate of drug-likeness (QED) is 0.578. The normalized spacial score (nSPS) is 10.9. The minimum atomic E-state index is -0.988. The molecule has 1 aromatic carbocycles. The average molecular weight is 240 g/mol. The van der Waals surface area contributed by atoms with Gasteiger partial charge in [0.05, 0.1) is 5.56 Å². The maximum atomic E-state index is 10.3. The first-order valence-electron chi connectivity index (χ1n) is 4.96. The Bertz CT molecular complexity index is 393. The molecule has 6 nitrogen and oxygen atoms in total. The van der Waals surface area contributed by atoms with Crippen LogP contribution >= 0.6 is 0 Å². The van der Waals surface area contributed by atoms with E-state index in [0.29, 0.717) is 12.1 Å². The zero-order chi connectivity index (χ0) is 13.4. The molecule has 17 heavy (non-hydrogen) atoms. The van der Waals surface area contributed by atoms with Crippen LogP contribution in [-0.4, -0.2) is 28.2 Å². The van der Waals surface area contributed by atoms with Crippen molar-refractivity contribution in [2.75, 3.05) is 5.73 Å². The van der Waals surface area contributed by atoms with Crippen LogP contribution in [0.2, 0.25) is 0 Å². The number of rotatable bonds is 3. The molecule has 0 aliphatic carbocycles. The Hall–Kier alpha value is -2.08. The van der Waals surface area contributed by atoms with Crippen LogP contribution in [0.4, 0.5) is 5.69 Å². The van der Waals surface area contributed by atoms with Gasteiger partial charge in [0.2, 0.25) is 0 Å². The highest BCUT2D eigenvalue weighted by Gasteiger charge is 2.05. The van der Waals surface area contributed by atoms with E-state index < -0.39 is 18.0 Å². The second-order valence-electron chi connectivity index (χ2n) is 3.25. The van der Waals surface area contributed by atoms with E-state index in [0.717, 1.165) is 0 Å². The van der Waals surface area contributed by atoms with E-state index in [9.17, 15) is 9.59 Å². The molecule has 0 radical (unpaired) electrons. The third kappa shape index (κ3) is 5.53. The van der Waals surface area contributed by atoms with E-state index in [4.69, 9.17) is 21.7 Å². The first-order chi connectivity index (χ1) is 7.90. The highest BCUT2D eigenvalue weighted by Crippen LogP contribution is 2.08. The number of benzene rings is 1. The third-order valence-electron chi connectivity index (χ3n) is 1.95. The third-order valence-corrected chi connectivity index (χ3v) is 1.95. The molecule has 0 saturated carbocycles.